The first-order chi connectivity index (χ1) is 19.2. The molecule has 1 heterocycles. The van der Waals surface area contributed by atoms with Gasteiger partial charge in [-0.3, -0.25) is 14.4 Å². The van der Waals surface area contributed by atoms with Crippen LogP contribution in [0.2, 0.25) is 5.02 Å². The lowest BCUT2D eigenvalue weighted by Crippen LogP contribution is -2.44. The van der Waals surface area contributed by atoms with Crippen LogP contribution in [-0.4, -0.2) is 55.0 Å². The molecule has 1 atom stereocenters. The number of carboxylic acid groups (broad SMARTS) is 1. The second-order valence-electron chi connectivity index (χ2n) is 8.49. The molecule has 5 N–H and O–H groups in total. The van der Waals surface area contributed by atoms with Crippen LogP contribution < -0.4 is 16.4 Å². The van der Waals surface area contributed by atoms with Crippen molar-refractivity contribution in [3.63, 3.8) is 0 Å². The summed E-state index contributed by atoms with van der Waals surface area (Å²) >= 11 is 6.14. The molecule has 3 amide bonds. The molecule has 0 aliphatic carbocycles. The Bertz CT molecular complexity index is 1590. The Morgan fingerprint density at radius 2 is 1.80 bits per heavy atom. The van der Waals surface area contributed by atoms with Gasteiger partial charge in [-0.1, -0.05) is 23.7 Å². The maximum atomic E-state index is 13.2. The number of hydrogen-bond donors (Lipinski definition) is 4. The maximum Gasteiger partial charge on any atom is 0.335 e. The number of benzene rings is 3. The molecule has 202 valence electrons. The van der Waals surface area contributed by atoms with E-state index in [1.54, 1.807) is 36.4 Å². The summed E-state index contributed by atoms with van der Waals surface area (Å²) in [6.07, 6.45) is 4.17. The average Bonchev–Trinajstić information content (AvgIpc) is 3.47. The van der Waals surface area contributed by atoms with Gasteiger partial charge in [-0.25, -0.2) is 4.79 Å². The first-order valence-electron chi connectivity index (χ1n) is 11.7. The molecule has 13 heteroatoms. The summed E-state index contributed by atoms with van der Waals surface area (Å²) in [5, 5.41) is 26.0. The molecule has 0 bridgehead atoms. The number of carbonyl (C=O) groups excluding carboxylic acids is 3. The van der Waals surface area contributed by atoms with Crippen LogP contribution in [0.5, 0.6) is 0 Å². The van der Waals surface area contributed by atoms with E-state index in [1.807, 2.05) is 0 Å². The molecule has 3 aromatic carbocycles. The lowest BCUT2D eigenvalue weighted by Gasteiger charge is -2.18. The summed E-state index contributed by atoms with van der Waals surface area (Å²) in [4.78, 5) is 48.9. The highest BCUT2D eigenvalue weighted by Gasteiger charge is 2.21. The fourth-order valence-corrected chi connectivity index (χ4v) is 3.93. The molecular formula is C27H22ClN7O5. The smallest absolute Gasteiger partial charge is 0.335 e. The zero-order valence-corrected chi connectivity index (χ0v) is 21.4. The number of carboxylic acids is 1. The van der Waals surface area contributed by atoms with Gasteiger partial charge in [0, 0.05) is 34.3 Å². The average molecular weight is 560 g/mol. The monoisotopic (exact) mass is 559 g/mol. The van der Waals surface area contributed by atoms with Crippen molar-refractivity contribution in [2.75, 3.05) is 5.32 Å². The van der Waals surface area contributed by atoms with Gasteiger partial charge in [0.2, 0.25) is 17.7 Å². The molecule has 0 saturated carbocycles. The predicted molar refractivity (Wildman–Crippen MR) is 146 cm³/mol. The van der Waals surface area contributed by atoms with Gasteiger partial charge in [0.1, 0.15) is 12.4 Å². The Morgan fingerprint density at radius 3 is 2.48 bits per heavy atom. The van der Waals surface area contributed by atoms with Crippen molar-refractivity contribution in [1.29, 1.82) is 0 Å². The molecule has 0 fully saturated rings. The number of carbonyl (C=O) groups is 4. The quantitative estimate of drug-likeness (QED) is 0.214. The number of halogens is 1. The van der Waals surface area contributed by atoms with Crippen LogP contribution in [0.1, 0.15) is 31.8 Å². The molecule has 0 unspecified atom stereocenters. The number of nitrogens with zero attached hydrogens (tertiary/aromatic N) is 4. The standard InChI is InChI=1S/C27H22ClN7O5/c28-20-7-10-23(35-15-30-33-34-35)18(14-20)6-11-24(36)32-22(13-16-2-1-3-19(12-16)25(29)37)26(38)31-21-8-4-17(5-9-21)27(39)40/h1-12,14-15,22H,13H2,(H2,29,37)(H,31,38)(H,32,36)(H,39,40)/t22-/m0/s1. The lowest BCUT2D eigenvalue weighted by molar-refractivity contribution is -0.123. The Morgan fingerprint density at radius 1 is 1.02 bits per heavy atom. The number of rotatable bonds is 10. The molecule has 4 aromatic rings. The van der Waals surface area contributed by atoms with E-state index < -0.39 is 29.7 Å². The highest BCUT2D eigenvalue weighted by atomic mass is 35.5. The van der Waals surface area contributed by atoms with Gasteiger partial charge >= 0.3 is 5.97 Å². The second kappa shape index (κ2) is 12.5. The fourth-order valence-electron chi connectivity index (χ4n) is 3.75. The number of anilines is 1. The molecule has 4 rings (SSSR count). The van der Waals surface area contributed by atoms with E-state index in [-0.39, 0.29) is 17.5 Å². The van der Waals surface area contributed by atoms with Gasteiger partial charge in [-0.05, 0) is 76.7 Å². The number of nitrogens with two attached hydrogens (primary N) is 1. The third kappa shape index (κ3) is 7.14. The third-order valence-electron chi connectivity index (χ3n) is 5.68. The topological polar surface area (TPSA) is 182 Å². The zero-order valence-electron chi connectivity index (χ0n) is 20.7. The van der Waals surface area contributed by atoms with Crippen LogP contribution in [0.25, 0.3) is 11.8 Å². The van der Waals surface area contributed by atoms with E-state index in [0.29, 0.717) is 27.5 Å². The lowest BCUT2D eigenvalue weighted by atomic mass is 10.0. The summed E-state index contributed by atoms with van der Waals surface area (Å²) in [5.41, 5.74) is 7.72. The molecule has 40 heavy (non-hydrogen) atoms. The molecule has 0 radical (unpaired) electrons. The minimum absolute atomic E-state index is 0.0345. The van der Waals surface area contributed by atoms with Crippen molar-refractivity contribution in [1.82, 2.24) is 25.5 Å². The van der Waals surface area contributed by atoms with Gasteiger partial charge in [0.25, 0.3) is 0 Å². The van der Waals surface area contributed by atoms with E-state index in [2.05, 4.69) is 26.2 Å². The number of tetrazole rings is 1. The van der Waals surface area contributed by atoms with E-state index in [1.165, 1.54) is 53.5 Å². The van der Waals surface area contributed by atoms with Gasteiger partial charge in [0.15, 0.2) is 0 Å². The molecule has 0 spiro atoms. The normalized spacial score (nSPS) is 11.6. The Labute approximate surface area is 232 Å². The van der Waals surface area contributed by atoms with Crippen LogP contribution in [0.3, 0.4) is 0 Å². The van der Waals surface area contributed by atoms with Gasteiger partial charge < -0.3 is 21.5 Å². The van der Waals surface area contributed by atoms with Crippen LogP contribution in [0, 0.1) is 0 Å². The SMILES string of the molecule is NC(=O)c1cccc(C[C@H](NC(=O)C=Cc2cc(Cl)ccc2-n2cnnn2)C(=O)Nc2ccc(C(=O)O)cc2)c1. The first-order valence-corrected chi connectivity index (χ1v) is 12.1. The van der Waals surface area contributed by atoms with E-state index in [9.17, 15) is 19.2 Å². The number of amides is 3. The van der Waals surface area contributed by atoms with E-state index in [0.717, 1.165) is 0 Å². The molecule has 0 aliphatic heterocycles. The minimum Gasteiger partial charge on any atom is -0.478 e. The summed E-state index contributed by atoms with van der Waals surface area (Å²) in [6, 6.07) is 15.9. The van der Waals surface area contributed by atoms with Crippen LogP contribution in [0.4, 0.5) is 5.69 Å². The van der Waals surface area contributed by atoms with Crippen molar-refractivity contribution >= 4 is 47.1 Å². The van der Waals surface area contributed by atoms with Crippen molar-refractivity contribution < 1.29 is 24.3 Å². The van der Waals surface area contributed by atoms with Gasteiger partial charge in [0.05, 0.1) is 11.3 Å². The zero-order chi connectivity index (χ0) is 28.6. The summed E-state index contributed by atoms with van der Waals surface area (Å²) < 4.78 is 1.41. The molecule has 0 aliphatic rings. The summed E-state index contributed by atoms with van der Waals surface area (Å²) in [5.74, 6) is -2.89. The van der Waals surface area contributed by atoms with Crippen molar-refractivity contribution in [2.24, 2.45) is 5.73 Å². The molecular weight excluding hydrogens is 538 g/mol. The number of aromatic carboxylic acids is 1. The van der Waals surface area contributed by atoms with E-state index >= 15 is 0 Å². The number of nitrogens with one attached hydrogen (secondary N) is 2. The summed E-state index contributed by atoms with van der Waals surface area (Å²) in [7, 11) is 0. The van der Waals surface area contributed by atoms with Crippen LogP contribution in [-0.2, 0) is 16.0 Å². The molecule has 12 nitrogen and oxygen atoms in total. The van der Waals surface area contributed by atoms with Crippen LogP contribution >= 0.6 is 11.6 Å². The third-order valence-corrected chi connectivity index (χ3v) is 5.92. The Hall–Kier alpha value is -5.36. The Kier molecular flexibility index (Phi) is 8.62. The second-order valence-corrected chi connectivity index (χ2v) is 8.93. The number of hydrogen-bond acceptors (Lipinski definition) is 7. The largest absolute Gasteiger partial charge is 0.478 e. The Balaban J connectivity index is 1.56. The fraction of sp³-hybridized carbons (Fsp3) is 0.0741. The summed E-state index contributed by atoms with van der Waals surface area (Å²) in [6.45, 7) is 0. The number of aromatic nitrogens is 4. The molecule has 0 saturated heterocycles. The van der Waals surface area contributed by atoms with Crippen LogP contribution in [0.15, 0.2) is 79.1 Å². The highest BCUT2D eigenvalue weighted by Crippen LogP contribution is 2.20. The van der Waals surface area contributed by atoms with E-state index in [4.69, 9.17) is 22.4 Å². The molecule has 1 aromatic heterocycles. The van der Waals surface area contributed by atoms with Gasteiger partial charge in [-0.15, -0.1) is 5.10 Å². The number of primary amides is 1. The predicted octanol–water partition coefficient (Wildman–Crippen LogP) is 2.49. The first kappa shape index (κ1) is 27.7. The van der Waals surface area contributed by atoms with Crippen molar-refractivity contribution in [3.05, 3.63) is 106 Å². The minimum atomic E-state index is -1.10. The van der Waals surface area contributed by atoms with Gasteiger partial charge in [-0.2, -0.15) is 4.68 Å². The van der Waals surface area contributed by atoms with Crippen molar-refractivity contribution in [2.45, 2.75) is 12.5 Å². The maximum absolute atomic E-state index is 13.2. The highest BCUT2D eigenvalue weighted by molar-refractivity contribution is 6.30. The van der Waals surface area contributed by atoms with Crippen molar-refractivity contribution in [3.8, 4) is 5.69 Å².